The molecule has 7 nitrogen and oxygen atoms in total. The van der Waals surface area contributed by atoms with Crippen molar-refractivity contribution in [3.8, 4) is 0 Å². The third-order valence-electron chi connectivity index (χ3n) is 3.83. The van der Waals surface area contributed by atoms with Crippen molar-refractivity contribution in [1.29, 1.82) is 0 Å². The van der Waals surface area contributed by atoms with Crippen LogP contribution in [0, 0.1) is 13.8 Å². The summed E-state index contributed by atoms with van der Waals surface area (Å²) >= 11 is 0. The SMILES string of the molecule is COCc1cc(NC(=O)Cc2c(C)nn(C(F)F)c2C)cc(C(=O)O)c1. The van der Waals surface area contributed by atoms with Gasteiger partial charge in [0, 0.05) is 24.1 Å². The number of carboxylic acid groups (broad SMARTS) is 1. The molecule has 26 heavy (non-hydrogen) atoms. The summed E-state index contributed by atoms with van der Waals surface area (Å²) in [5.74, 6) is -1.60. The van der Waals surface area contributed by atoms with Crippen molar-refractivity contribution < 1.29 is 28.2 Å². The number of carbonyl (C=O) groups excluding carboxylic acids is 1. The third-order valence-corrected chi connectivity index (χ3v) is 3.83. The number of hydrogen-bond acceptors (Lipinski definition) is 4. The van der Waals surface area contributed by atoms with E-state index in [0.717, 1.165) is 0 Å². The number of carbonyl (C=O) groups is 2. The fourth-order valence-corrected chi connectivity index (χ4v) is 2.65. The van der Waals surface area contributed by atoms with Crippen LogP contribution in [0.15, 0.2) is 18.2 Å². The fourth-order valence-electron chi connectivity index (χ4n) is 2.65. The van der Waals surface area contributed by atoms with Crippen LogP contribution < -0.4 is 5.32 Å². The predicted octanol–water partition coefficient (Wildman–Crippen LogP) is 2.92. The molecule has 9 heteroatoms. The normalized spacial score (nSPS) is 11.0. The second-order valence-corrected chi connectivity index (χ2v) is 5.75. The van der Waals surface area contributed by atoms with Gasteiger partial charge >= 0.3 is 12.5 Å². The maximum absolute atomic E-state index is 12.9. The van der Waals surface area contributed by atoms with Crippen LogP contribution in [-0.2, 0) is 22.6 Å². The molecule has 0 saturated carbocycles. The van der Waals surface area contributed by atoms with Crippen LogP contribution in [0.1, 0.15) is 39.4 Å². The maximum atomic E-state index is 12.9. The number of halogens is 2. The first-order chi connectivity index (χ1) is 12.2. The van der Waals surface area contributed by atoms with Crippen molar-refractivity contribution in [2.24, 2.45) is 0 Å². The van der Waals surface area contributed by atoms with Crippen molar-refractivity contribution in [1.82, 2.24) is 9.78 Å². The molecule has 0 bridgehead atoms. The lowest BCUT2D eigenvalue weighted by Crippen LogP contribution is -2.16. The molecule has 0 saturated heterocycles. The maximum Gasteiger partial charge on any atom is 0.335 e. The van der Waals surface area contributed by atoms with Crippen molar-refractivity contribution in [3.63, 3.8) is 0 Å². The van der Waals surface area contributed by atoms with Crippen LogP contribution >= 0.6 is 0 Å². The van der Waals surface area contributed by atoms with Crippen LogP contribution in [0.5, 0.6) is 0 Å². The van der Waals surface area contributed by atoms with E-state index >= 15 is 0 Å². The number of nitrogens with zero attached hydrogens (tertiary/aromatic N) is 2. The van der Waals surface area contributed by atoms with Gasteiger partial charge in [-0.15, -0.1) is 0 Å². The summed E-state index contributed by atoms with van der Waals surface area (Å²) < 4.78 is 31.3. The molecular weight excluding hydrogens is 348 g/mol. The topological polar surface area (TPSA) is 93.5 Å². The van der Waals surface area contributed by atoms with Crippen molar-refractivity contribution >= 4 is 17.6 Å². The fraction of sp³-hybridized carbons (Fsp3) is 0.353. The van der Waals surface area contributed by atoms with Crippen LogP contribution in [0.2, 0.25) is 0 Å². The van der Waals surface area contributed by atoms with E-state index in [1.807, 2.05) is 0 Å². The molecule has 0 radical (unpaired) electrons. The van der Waals surface area contributed by atoms with Crippen molar-refractivity contribution in [2.45, 2.75) is 33.4 Å². The molecule has 0 aliphatic heterocycles. The molecule has 1 aromatic carbocycles. The van der Waals surface area contributed by atoms with Gasteiger partial charge in [-0.1, -0.05) is 0 Å². The summed E-state index contributed by atoms with van der Waals surface area (Å²) in [4.78, 5) is 23.5. The number of aromatic carboxylic acids is 1. The zero-order valence-electron chi connectivity index (χ0n) is 14.5. The molecule has 0 aliphatic carbocycles. The number of aromatic nitrogens is 2. The van der Waals surface area contributed by atoms with E-state index in [0.29, 0.717) is 27.2 Å². The average Bonchev–Trinajstić information content (AvgIpc) is 2.83. The van der Waals surface area contributed by atoms with Gasteiger partial charge in [0.1, 0.15) is 0 Å². The van der Waals surface area contributed by atoms with E-state index in [-0.39, 0.29) is 24.3 Å². The molecule has 1 amide bonds. The minimum absolute atomic E-state index is 0.00716. The molecule has 1 heterocycles. The molecule has 2 aromatic rings. The molecule has 0 atom stereocenters. The third kappa shape index (κ3) is 4.42. The molecule has 2 N–H and O–H groups in total. The number of aryl methyl sites for hydroxylation is 1. The number of methoxy groups -OCH3 is 1. The summed E-state index contributed by atoms with van der Waals surface area (Å²) in [6.07, 6.45) is -0.151. The summed E-state index contributed by atoms with van der Waals surface area (Å²) in [7, 11) is 1.47. The number of carboxylic acids is 1. The standard InChI is InChI=1S/C17H19F2N3O4/c1-9-14(10(2)22(21-9)17(18)19)7-15(23)20-13-5-11(8-26-3)4-12(6-13)16(24)25/h4-6,17H,7-8H2,1-3H3,(H,20,23)(H,24,25). The van der Waals surface area contributed by atoms with Gasteiger partial charge in [-0.3, -0.25) is 4.79 Å². The van der Waals surface area contributed by atoms with E-state index in [1.165, 1.54) is 26.2 Å². The van der Waals surface area contributed by atoms with Gasteiger partial charge in [-0.25, -0.2) is 9.48 Å². The van der Waals surface area contributed by atoms with Gasteiger partial charge in [0.2, 0.25) is 5.91 Å². The molecule has 0 unspecified atom stereocenters. The van der Waals surface area contributed by atoms with Crippen LogP contribution in [0.4, 0.5) is 14.5 Å². The lowest BCUT2D eigenvalue weighted by Gasteiger charge is -2.10. The first-order valence-corrected chi connectivity index (χ1v) is 7.71. The molecule has 0 spiro atoms. The van der Waals surface area contributed by atoms with Gasteiger partial charge < -0.3 is 15.2 Å². The Labute approximate surface area is 148 Å². The number of benzene rings is 1. The van der Waals surface area contributed by atoms with E-state index in [2.05, 4.69) is 10.4 Å². The number of alkyl halides is 2. The second kappa shape index (κ2) is 8.05. The van der Waals surface area contributed by atoms with Crippen LogP contribution in [-0.4, -0.2) is 33.9 Å². The number of ether oxygens (including phenoxy) is 1. The van der Waals surface area contributed by atoms with E-state index in [1.54, 1.807) is 13.0 Å². The quantitative estimate of drug-likeness (QED) is 0.785. The van der Waals surface area contributed by atoms with Gasteiger partial charge in [-0.05, 0) is 37.6 Å². The molecular formula is C17H19F2N3O4. The Kier molecular flexibility index (Phi) is 6.04. The average molecular weight is 367 g/mol. The number of amides is 1. The summed E-state index contributed by atoms with van der Waals surface area (Å²) in [5.41, 5.74) is 1.85. The lowest BCUT2D eigenvalue weighted by molar-refractivity contribution is -0.115. The Bertz CT molecular complexity index is 834. The number of hydrogen-bond donors (Lipinski definition) is 2. The molecule has 140 valence electrons. The first-order valence-electron chi connectivity index (χ1n) is 7.71. The second-order valence-electron chi connectivity index (χ2n) is 5.75. The van der Waals surface area contributed by atoms with Crippen molar-refractivity contribution in [2.75, 3.05) is 12.4 Å². The number of anilines is 1. The highest BCUT2D eigenvalue weighted by molar-refractivity contribution is 5.95. The zero-order chi connectivity index (χ0) is 19.4. The molecule has 0 fully saturated rings. The van der Waals surface area contributed by atoms with E-state index in [9.17, 15) is 18.4 Å². The minimum Gasteiger partial charge on any atom is -0.478 e. The monoisotopic (exact) mass is 367 g/mol. The summed E-state index contributed by atoms with van der Waals surface area (Å²) in [5, 5.41) is 15.5. The van der Waals surface area contributed by atoms with E-state index < -0.39 is 18.4 Å². The van der Waals surface area contributed by atoms with Crippen LogP contribution in [0.3, 0.4) is 0 Å². The molecule has 2 rings (SSSR count). The smallest absolute Gasteiger partial charge is 0.335 e. The lowest BCUT2D eigenvalue weighted by atomic mass is 10.1. The minimum atomic E-state index is -2.78. The highest BCUT2D eigenvalue weighted by atomic mass is 19.3. The molecule has 1 aromatic heterocycles. The Morgan fingerprint density at radius 2 is 2.00 bits per heavy atom. The van der Waals surface area contributed by atoms with Gasteiger partial charge in [-0.2, -0.15) is 13.9 Å². The Morgan fingerprint density at radius 3 is 2.54 bits per heavy atom. The number of nitrogens with one attached hydrogen (secondary N) is 1. The highest BCUT2D eigenvalue weighted by Gasteiger charge is 2.19. The highest BCUT2D eigenvalue weighted by Crippen LogP contribution is 2.21. The van der Waals surface area contributed by atoms with E-state index in [4.69, 9.17) is 9.84 Å². The van der Waals surface area contributed by atoms with Gasteiger partial charge in [0.25, 0.3) is 0 Å². The Morgan fingerprint density at radius 1 is 1.31 bits per heavy atom. The zero-order valence-corrected chi connectivity index (χ0v) is 14.5. The Balaban J connectivity index is 2.21. The predicted molar refractivity (Wildman–Crippen MR) is 89.4 cm³/mol. The number of rotatable bonds is 7. The van der Waals surface area contributed by atoms with Crippen LogP contribution in [0.25, 0.3) is 0 Å². The molecule has 0 aliphatic rings. The first kappa shape index (κ1) is 19.5. The Hall–Kier alpha value is -2.81. The van der Waals surface area contributed by atoms with Gasteiger partial charge in [0.15, 0.2) is 0 Å². The van der Waals surface area contributed by atoms with Crippen molar-refractivity contribution in [3.05, 3.63) is 46.3 Å². The summed E-state index contributed by atoms with van der Waals surface area (Å²) in [6.45, 7) is 0.421. The summed E-state index contributed by atoms with van der Waals surface area (Å²) in [6, 6.07) is 4.36. The largest absolute Gasteiger partial charge is 0.478 e. The van der Waals surface area contributed by atoms with Gasteiger partial charge in [0.05, 0.1) is 24.3 Å².